The molecule has 6 nitrogen and oxygen atoms in total. The van der Waals surface area contributed by atoms with Crippen LogP contribution in [-0.4, -0.2) is 45.9 Å². The molecule has 0 spiro atoms. The maximum atomic E-state index is 12.7. The molecule has 0 N–H and O–H groups in total. The van der Waals surface area contributed by atoms with Crippen molar-refractivity contribution < 1.29 is 4.79 Å². The van der Waals surface area contributed by atoms with Gasteiger partial charge in [-0.1, -0.05) is 35.5 Å². The summed E-state index contributed by atoms with van der Waals surface area (Å²) in [5.74, 6) is 0.0249. The van der Waals surface area contributed by atoms with Gasteiger partial charge in [0.25, 0.3) is 0 Å². The van der Waals surface area contributed by atoms with Gasteiger partial charge >= 0.3 is 0 Å². The molecule has 1 aromatic heterocycles. The normalized spacial score (nSPS) is 14.1. The van der Waals surface area contributed by atoms with Gasteiger partial charge < -0.3 is 9.80 Å². The molecule has 2 aromatic carbocycles. The highest BCUT2D eigenvalue weighted by Gasteiger charge is 2.18. The SMILES string of the molecule is CN(Cc1ccccc1N1CCCC1)C(=O)Cn1nnc2ccccc21. The Morgan fingerprint density at radius 3 is 2.65 bits per heavy atom. The Hall–Kier alpha value is -2.89. The predicted octanol–water partition coefficient (Wildman–Crippen LogP) is 2.69. The number of amides is 1. The number of carbonyl (C=O) groups is 1. The second-order valence-electron chi connectivity index (χ2n) is 6.81. The fourth-order valence-corrected chi connectivity index (χ4v) is 3.54. The zero-order chi connectivity index (χ0) is 17.9. The molecule has 0 atom stereocenters. The first kappa shape index (κ1) is 16.6. The van der Waals surface area contributed by atoms with Gasteiger partial charge in [0.05, 0.1) is 5.52 Å². The third-order valence-electron chi connectivity index (χ3n) is 4.98. The Kier molecular flexibility index (Phi) is 4.56. The van der Waals surface area contributed by atoms with Crippen LogP contribution in [0.1, 0.15) is 18.4 Å². The number of hydrogen-bond acceptors (Lipinski definition) is 4. The zero-order valence-electron chi connectivity index (χ0n) is 15.0. The van der Waals surface area contributed by atoms with Gasteiger partial charge in [-0.05, 0) is 36.6 Å². The van der Waals surface area contributed by atoms with Gasteiger partial charge in [-0.3, -0.25) is 4.79 Å². The lowest BCUT2D eigenvalue weighted by Crippen LogP contribution is -2.31. The molecule has 0 saturated carbocycles. The number of fused-ring (bicyclic) bond motifs is 1. The molecule has 26 heavy (non-hydrogen) atoms. The highest BCUT2D eigenvalue weighted by Crippen LogP contribution is 2.25. The monoisotopic (exact) mass is 349 g/mol. The van der Waals surface area contributed by atoms with Crippen molar-refractivity contribution in [1.82, 2.24) is 19.9 Å². The van der Waals surface area contributed by atoms with E-state index in [2.05, 4.69) is 33.4 Å². The van der Waals surface area contributed by atoms with E-state index in [0.29, 0.717) is 6.54 Å². The van der Waals surface area contributed by atoms with E-state index in [1.165, 1.54) is 24.1 Å². The van der Waals surface area contributed by atoms with E-state index >= 15 is 0 Å². The predicted molar refractivity (Wildman–Crippen MR) is 102 cm³/mol. The number of para-hydroxylation sites is 2. The summed E-state index contributed by atoms with van der Waals surface area (Å²) in [5.41, 5.74) is 4.12. The molecule has 1 aliphatic rings. The van der Waals surface area contributed by atoms with Crippen LogP contribution in [0.25, 0.3) is 11.0 Å². The highest BCUT2D eigenvalue weighted by molar-refractivity contribution is 5.79. The standard InChI is InChI=1S/C20H23N5O/c1-23(14-16-8-2-4-10-18(16)24-12-6-7-13-24)20(26)15-25-19-11-5-3-9-17(19)21-22-25/h2-5,8-11H,6-7,12-15H2,1H3. The number of rotatable bonds is 5. The maximum Gasteiger partial charge on any atom is 0.244 e. The first-order chi connectivity index (χ1) is 12.7. The molecule has 0 bridgehead atoms. The largest absolute Gasteiger partial charge is 0.371 e. The topological polar surface area (TPSA) is 54.3 Å². The fraction of sp³-hybridized carbons (Fsp3) is 0.350. The van der Waals surface area contributed by atoms with Crippen LogP contribution in [0.3, 0.4) is 0 Å². The van der Waals surface area contributed by atoms with E-state index in [4.69, 9.17) is 0 Å². The Bertz CT molecular complexity index is 913. The van der Waals surface area contributed by atoms with E-state index in [0.717, 1.165) is 24.1 Å². The van der Waals surface area contributed by atoms with Crippen molar-refractivity contribution in [2.24, 2.45) is 0 Å². The molecule has 1 fully saturated rings. The van der Waals surface area contributed by atoms with Crippen molar-refractivity contribution in [3.8, 4) is 0 Å². The van der Waals surface area contributed by atoms with Crippen LogP contribution in [0, 0.1) is 0 Å². The van der Waals surface area contributed by atoms with Crippen molar-refractivity contribution >= 4 is 22.6 Å². The van der Waals surface area contributed by atoms with Crippen LogP contribution in [0.5, 0.6) is 0 Å². The molecular formula is C20H23N5O. The summed E-state index contributed by atoms with van der Waals surface area (Å²) in [6, 6.07) is 16.1. The van der Waals surface area contributed by atoms with Crippen molar-refractivity contribution in [2.75, 3.05) is 25.0 Å². The Morgan fingerprint density at radius 1 is 1.08 bits per heavy atom. The summed E-state index contributed by atoms with van der Waals surface area (Å²) in [6.45, 7) is 2.99. The summed E-state index contributed by atoms with van der Waals surface area (Å²) < 4.78 is 1.67. The molecule has 3 aromatic rings. The van der Waals surface area contributed by atoms with Crippen molar-refractivity contribution in [1.29, 1.82) is 0 Å². The summed E-state index contributed by atoms with van der Waals surface area (Å²) in [6.07, 6.45) is 2.48. The van der Waals surface area contributed by atoms with E-state index in [1.54, 1.807) is 9.58 Å². The second-order valence-corrected chi connectivity index (χ2v) is 6.81. The molecule has 1 aliphatic heterocycles. The van der Waals surface area contributed by atoms with Gasteiger partial charge in [0.15, 0.2) is 0 Å². The lowest BCUT2D eigenvalue weighted by Gasteiger charge is -2.24. The summed E-state index contributed by atoms with van der Waals surface area (Å²) in [5, 5.41) is 8.23. The summed E-state index contributed by atoms with van der Waals surface area (Å²) >= 11 is 0. The maximum absolute atomic E-state index is 12.7. The third kappa shape index (κ3) is 3.27. The lowest BCUT2D eigenvalue weighted by molar-refractivity contribution is -0.131. The average Bonchev–Trinajstić information content (AvgIpc) is 3.33. The number of carbonyl (C=O) groups excluding carboxylic acids is 1. The smallest absolute Gasteiger partial charge is 0.244 e. The van der Waals surface area contributed by atoms with Crippen molar-refractivity contribution in [2.45, 2.75) is 25.9 Å². The van der Waals surface area contributed by atoms with Crippen molar-refractivity contribution in [3.05, 3.63) is 54.1 Å². The number of nitrogens with zero attached hydrogens (tertiary/aromatic N) is 5. The first-order valence-corrected chi connectivity index (χ1v) is 9.07. The Balaban J connectivity index is 1.48. The summed E-state index contributed by atoms with van der Waals surface area (Å²) in [7, 11) is 1.85. The van der Waals surface area contributed by atoms with Crippen LogP contribution in [0.2, 0.25) is 0 Å². The van der Waals surface area contributed by atoms with Gasteiger partial charge in [-0.2, -0.15) is 0 Å². The van der Waals surface area contributed by atoms with E-state index < -0.39 is 0 Å². The molecular weight excluding hydrogens is 326 g/mol. The molecule has 134 valence electrons. The Morgan fingerprint density at radius 2 is 1.81 bits per heavy atom. The number of benzene rings is 2. The van der Waals surface area contributed by atoms with Crippen LogP contribution in [0.15, 0.2) is 48.5 Å². The lowest BCUT2D eigenvalue weighted by atomic mass is 10.1. The van der Waals surface area contributed by atoms with Gasteiger partial charge in [-0.15, -0.1) is 5.10 Å². The quantitative estimate of drug-likeness (QED) is 0.711. The number of likely N-dealkylation sites (N-methyl/N-ethyl adjacent to an activating group) is 1. The van der Waals surface area contributed by atoms with E-state index in [9.17, 15) is 4.79 Å². The van der Waals surface area contributed by atoms with Gasteiger partial charge in [0, 0.05) is 32.4 Å². The molecule has 6 heteroatoms. The molecule has 0 radical (unpaired) electrons. The Labute approximate surface area is 153 Å². The molecule has 0 unspecified atom stereocenters. The van der Waals surface area contributed by atoms with Crippen LogP contribution >= 0.6 is 0 Å². The molecule has 1 saturated heterocycles. The first-order valence-electron chi connectivity index (χ1n) is 9.07. The van der Waals surface area contributed by atoms with Gasteiger partial charge in [-0.25, -0.2) is 4.68 Å². The van der Waals surface area contributed by atoms with Gasteiger partial charge in [0.2, 0.25) is 5.91 Å². The minimum Gasteiger partial charge on any atom is -0.371 e. The molecule has 0 aliphatic carbocycles. The zero-order valence-corrected chi connectivity index (χ0v) is 15.0. The van der Waals surface area contributed by atoms with Crippen LogP contribution < -0.4 is 4.90 Å². The number of hydrogen-bond donors (Lipinski definition) is 0. The molecule has 1 amide bonds. The molecule has 4 rings (SSSR count). The highest BCUT2D eigenvalue weighted by atomic mass is 16.2. The van der Waals surface area contributed by atoms with E-state index in [1.807, 2.05) is 37.4 Å². The van der Waals surface area contributed by atoms with Crippen LogP contribution in [0.4, 0.5) is 5.69 Å². The second kappa shape index (κ2) is 7.15. The molecule has 2 heterocycles. The third-order valence-corrected chi connectivity index (χ3v) is 4.98. The van der Waals surface area contributed by atoms with Crippen molar-refractivity contribution in [3.63, 3.8) is 0 Å². The summed E-state index contributed by atoms with van der Waals surface area (Å²) in [4.78, 5) is 16.9. The van der Waals surface area contributed by atoms with Crippen LogP contribution in [-0.2, 0) is 17.9 Å². The number of anilines is 1. The van der Waals surface area contributed by atoms with Gasteiger partial charge in [0.1, 0.15) is 12.1 Å². The average molecular weight is 349 g/mol. The minimum atomic E-state index is 0.0249. The number of aromatic nitrogens is 3. The minimum absolute atomic E-state index is 0.0249. The fourth-order valence-electron chi connectivity index (χ4n) is 3.54. The van der Waals surface area contributed by atoms with E-state index in [-0.39, 0.29) is 12.5 Å².